The Hall–Kier alpha value is -1.95. The second-order valence-corrected chi connectivity index (χ2v) is 7.62. The molecule has 3 heteroatoms. The van der Waals surface area contributed by atoms with Crippen LogP contribution in [0.4, 0.5) is 0 Å². The molecule has 148 valence electrons. The molecule has 0 bridgehead atoms. The van der Waals surface area contributed by atoms with Crippen LogP contribution in [0.25, 0.3) is 0 Å². The van der Waals surface area contributed by atoms with E-state index < -0.39 is 11.9 Å². The third-order valence-corrected chi connectivity index (χ3v) is 5.51. The number of rotatable bonds is 11. The summed E-state index contributed by atoms with van der Waals surface area (Å²) in [6.45, 7) is 2.24. The molecule has 2 rings (SSSR count). The zero-order valence-electron chi connectivity index (χ0n) is 16.7. The van der Waals surface area contributed by atoms with Crippen LogP contribution in [0.1, 0.15) is 89.2 Å². The Morgan fingerprint density at radius 1 is 1.33 bits per heavy atom. The Balaban J connectivity index is 1.70. The maximum absolute atomic E-state index is 11.4. The van der Waals surface area contributed by atoms with Gasteiger partial charge in [-0.3, -0.25) is 4.79 Å². The number of allylic oxidation sites excluding steroid dienone is 2. The molecule has 1 fully saturated rings. The Kier molecular flexibility index (Phi) is 9.84. The average molecular weight is 371 g/mol. The van der Waals surface area contributed by atoms with Crippen molar-refractivity contribution in [3.63, 3.8) is 0 Å². The van der Waals surface area contributed by atoms with Crippen LogP contribution in [-0.4, -0.2) is 11.1 Å². The summed E-state index contributed by atoms with van der Waals surface area (Å²) in [5, 5.41) is 9.36. The minimum Gasteiger partial charge on any atom is -0.481 e. The van der Waals surface area contributed by atoms with E-state index in [0.717, 1.165) is 19.3 Å². The number of unbranched alkanes of at least 4 members (excludes halogenated alkanes) is 4. The van der Waals surface area contributed by atoms with Crippen LogP contribution in [-0.2, 0) is 4.79 Å². The number of aliphatic carboxylic acids is 1. The molecule has 1 heterocycles. The van der Waals surface area contributed by atoms with E-state index >= 15 is 0 Å². The molecule has 1 unspecified atom stereocenters. The summed E-state index contributed by atoms with van der Waals surface area (Å²) >= 11 is 0. The van der Waals surface area contributed by atoms with Crippen molar-refractivity contribution in [3.05, 3.63) is 36.3 Å². The Labute approximate surface area is 164 Å². The lowest BCUT2D eigenvalue weighted by Crippen LogP contribution is -2.10. The van der Waals surface area contributed by atoms with E-state index in [4.69, 9.17) is 4.42 Å². The highest BCUT2D eigenvalue weighted by molar-refractivity contribution is 5.75. The van der Waals surface area contributed by atoms with E-state index in [1.54, 1.807) is 12.1 Å². The van der Waals surface area contributed by atoms with E-state index in [-0.39, 0.29) is 0 Å². The molecule has 1 aliphatic rings. The van der Waals surface area contributed by atoms with Gasteiger partial charge in [-0.1, -0.05) is 50.7 Å². The quantitative estimate of drug-likeness (QED) is 0.272. The van der Waals surface area contributed by atoms with Crippen molar-refractivity contribution in [1.82, 2.24) is 0 Å². The number of carbonyl (C=O) groups is 1. The number of hydrogen-bond acceptors (Lipinski definition) is 2. The third-order valence-electron chi connectivity index (χ3n) is 5.51. The molecule has 27 heavy (non-hydrogen) atoms. The normalized spacial score (nSPS) is 20.5. The predicted octanol–water partition coefficient (Wildman–Crippen LogP) is 6.56. The molecule has 0 aromatic carbocycles. The maximum Gasteiger partial charge on any atom is 0.314 e. The first-order chi connectivity index (χ1) is 13.2. The van der Waals surface area contributed by atoms with Gasteiger partial charge in [0.2, 0.25) is 0 Å². The largest absolute Gasteiger partial charge is 0.481 e. The molecular formula is C24H34O3. The first kappa shape index (κ1) is 21.4. The second-order valence-electron chi connectivity index (χ2n) is 7.62. The van der Waals surface area contributed by atoms with Crippen LogP contribution >= 0.6 is 0 Å². The van der Waals surface area contributed by atoms with Crippen molar-refractivity contribution >= 4 is 5.97 Å². The molecule has 0 aliphatic heterocycles. The van der Waals surface area contributed by atoms with Crippen LogP contribution in [0.2, 0.25) is 0 Å². The maximum atomic E-state index is 11.4. The van der Waals surface area contributed by atoms with Crippen molar-refractivity contribution in [2.75, 3.05) is 0 Å². The fourth-order valence-electron chi connectivity index (χ4n) is 3.88. The smallest absolute Gasteiger partial charge is 0.314 e. The standard InChI is InChI=1S/C24H34O3/c1-2-3-4-5-6-8-13-20-15-11-16-21(20)14-9-7-10-17-22(24(25)26)23-18-12-19-27-23/h7,9,12,18-22H,2-6,10-11,14-17H2,1H3,(H,25,26)/t20-,21-,22?/m0/s1. The van der Waals surface area contributed by atoms with Gasteiger partial charge in [0.1, 0.15) is 11.7 Å². The molecule has 0 saturated heterocycles. The molecule has 0 amide bonds. The molecule has 1 aliphatic carbocycles. The third kappa shape index (κ3) is 7.67. The molecule has 1 N–H and O–H groups in total. The van der Waals surface area contributed by atoms with Gasteiger partial charge in [0.25, 0.3) is 0 Å². The van der Waals surface area contributed by atoms with E-state index in [2.05, 4.69) is 30.9 Å². The predicted molar refractivity (Wildman–Crippen MR) is 109 cm³/mol. The molecular weight excluding hydrogens is 336 g/mol. The van der Waals surface area contributed by atoms with Gasteiger partial charge in [0, 0.05) is 12.3 Å². The first-order valence-corrected chi connectivity index (χ1v) is 10.6. The molecule has 3 atom stereocenters. The van der Waals surface area contributed by atoms with Crippen molar-refractivity contribution in [1.29, 1.82) is 0 Å². The lowest BCUT2D eigenvalue weighted by Gasteiger charge is -2.12. The topological polar surface area (TPSA) is 50.4 Å². The highest BCUT2D eigenvalue weighted by Gasteiger charge is 2.24. The summed E-state index contributed by atoms with van der Waals surface area (Å²) in [6, 6.07) is 3.48. The number of hydrogen-bond donors (Lipinski definition) is 1. The molecule has 1 aromatic heterocycles. The molecule has 1 aromatic rings. The molecule has 3 nitrogen and oxygen atoms in total. The minimum absolute atomic E-state index is 0.543. The van der Waals surface area contributed by atoms with Gasteiger partial charge >= 0.3 is 5.97 Å². The lowest BCUT2D eigenvalue weighted by molar-refractivity contribution is -0.139. The average Bonchev–Trinajstić information content (AvgIpc) is 3.33. The summed E-state index contributed by atoms with van der Waals surface area (Å²) < 4.78 is 5.26. The zero-order chi connectivity index (χ0) is 19.3. The summed E-state index contributed by atoms with van der Waals surface area (Å²) in [5.41, 5.74) is 0. The van der Waals surface area contributed by atoms with Gasteiger partial charge in [-0.15, -0.1) is 5.92 Å². The molecule has 0 radical (unpaired) electrons. The summed E-state index contributed by atoms with van der Waals surface area (Å²) in [5.74, 6) is 7.33. The second kappa shape index (κ2) is 12.4. The highest BCUT2D eigenvalue weighted by atomic mass is 16.4. The summed E-state index contributed by atoms with van der Waals surface area (Å²) in [6.07, 6.45) is 18.3. The minimum atomic E-state index is -0.816. The Bertz CT molecular complexity index is 618. The zero-order valence-corrected chi connectivity index (χ0v) is 16.7. The van der Waals surface area contributed by atoms with E-state index in [9.17, 15) is 9.90 Å². The number of furan rings is 1. The van der Waals surface area contributed by atoms with Crippen LogP contribution in [0.15, 0.2) is 35.0 Å². The number of carboxylic acid groups (broad SMARTS) is 1. The van der Waals surface area contributed by atoms with Crippen molar-refractivity contribution in [3.8, 4) is 11.8 Å². The SMILES string of the molecule is CCCCCCC#C[C@H]1CCC[C@@H]1CC=CCCC(C(=O)O)c1ccco1. The lowest BCUT2D eigenvalue weighted by atomic mass is 9.92. The first-order valence-electron chi connectivity index (χ1n) is 10.6. The Morgan fingerprint density at radius 2 is 2.22 bits per heavy atom. The van der Waals surface area contributed by atoms with Crippen molar-refractivity contribution in [2.24, 2.45) is 11.8 Å². The van der Waals surface area contributed by atoms with Crippen LogP contribution in [0, 0.1) is 23.7 Å². The van der Waals surface area contributed by atoms with Crippen molar-refractivity contribution < 1.29 is 14.3 Å². The monoisotopic (exact) mass is 370 g/mol. The van der Waals surface area contributed by atoms with Crippen LogP contribution in [0.3, 0.4) is 0 Å². The fourth-order valence-corrected chi connectivity index (χ4v) is 3.88. The van der Waals surface area contributed by atoms with Gasteiger partial charge in [-0.2, -0.15) is 0 Å². The molecule has 1 saturated carbocycles. The van der Waals surface area contributed by atoms with Gasteiger partial charge in [-0.05, 0) is 56.6 Å². The van der Waals surface area contributed by atoms with Gasteiger partial charge in [-0.25, -0.2) is 0 Å². The van der Waals surface area contributed by atoms with E-state index in [1.807, 2.05) is 0 Å². The van der Waals surface area contributed by atoms with Crippen molar-refractivity contribution in [2.45, 2.75) is 83.5 Å². The van der Waals surface area contributed by atoms with Crippen LogP contribution < -0.4 is 0 Å². The fraction of sp³-hybridized carbons (Fsp3) is 0.625. The van der Waals surface area contributed by atoms with Gasteiger partial charge < -0.3 is 9.52 Å². The van der Waals surface area contributed by atoms with Gasteiger partial charge in [0.05, 0.1) is 6.26 Å². The summed E-state index contributed by atoms with van der Waals surface area (Å²) in [4.78, 5) is 11.4. The Morgan fingerprint density at radius 3 is 2.96 bits per heavy atom. The highest BCUT2D eigenvalue weighted by Crippen LogP contribution is 2.34. The number of carboxylic acids is 1. The summed E-state index contributed by atoms with van der Waals surface area (Å²) in [7, 11) is 0. The van der Waals surface area contributed by atoms with Gasteiger partial charge in [0.15, 0.2) is 0 Å². The van der Waals surface area contributed by atoms with E-state index in [1.165, 1.54) is 51.2 Å². The van der Waals surface area contributed by atoms with Crippen LogP contribution in [0.5, 0.6) is 0 Å². The molecule has 0 spiro atoms. The van der Waals surface area contributed by atoms with E-state index in [0.29, 0.717) is 24.0 Å².